The number of anilines is 1. The van der Waals surface area contributed by atoms with E-state index in [1.807, 2.05) is 43.3 Å². The van der Waals surface area contributed by atoms with Crippen LogP contribution in [0.3, 0.4) is 0 Å². The van der Waals surface area contributed by atoms with Crippen LogP contribution >= 0.6 is 0 Å². The molecule has 0 aliphatic heterocycles. The van der Waals surface area contributed by atoms with Gasteiger partial charge in [0.05, 0.1) is 6.21 Å². The lowest BCUT2D eigenvalue weighted by molar-refractivity contribution is -0.121. The fourth-order valence-electron chi connectivity index (χ4n) is 2.69. The molecule has 4 heteroatoms. The molecule has 0 saturated heterocycles. The van der Waals surface area contributed by atoms with Crippen LogP contribution in [0.4, 0.5) is 5.69 Å². The first-order valence-electron chi connectivity index (χ1n) is 9.72. The Hall–Kier alpha value is -1.84. The van der Waals surface area contributed by atoms with Crippen molar-refractivity contribution < 1.29 is 4.79 Å². The molecule has 0 aliphatic carbocycles. The van der Waals surface area contributed by atoms with Gasteiger partial charge in [-0.25, -0.2) is 5.43 Å². The van der Waals surface area contributed by atoms with Crippen molar-refractivity contribution in [2.75, 3.05) is 19.0 Å². The molecule has 1 rings (SSSR count). The Labute approximate surface area is 153 Å². The maximum absolute atomic E-state index is 11.8. The molecule has 0 aliphatic rings. The number of rotatable bonds is 13. The van der Waals surface area contributed by atoms with Crippen LogP contribution in [0.5, 0.6) is 0 Å². The molecule has 1 aromatic rings. The van der Waals surface area contributed by atoms with Gasteiger partial charge in [0.2, 0.25) is 5.91 Å². The van der Waals surface area contributed by atoms with Crippen LogP contribution < -0.4 is 10.3 Å². The van der Waals surface area contributed by atoms with E-state index in [9.17, 15) is 4.79 Å². The van der Waals surface area contributed by atoms with Crippen molar-refractivity contribution in [3.63, 3.8) is 0 Å². The molecule has 0 aromatic heterocycles. The maximum atomic E-state index is 11.8. The van der Waals surface area contributed by atoms with E-state index in [2.05, 4.69) is 17.5 Å². The molecule has 0 fully saturated rings. The zero-order chi connectivity index (χ0) is 18.3. The van der Waals surface area contributed by atoms with Crippen LogP contribution in [0.15, 0.2) is 29.4 Å². The third kappa shape index (κ3) is 10.6. The fourth-order valence-corrected chi connectivity index (χ4v) is 2.69. The average Bonchev–Trinajstić information content (AvgIpc) is 2.61. The van der Waals surface area contributed by atoms with Crippen LogP contribution in [0.25, 0.3) is 0 Å². The molecule has 0 unspecified atom stereocenters. The van der Waals surface area contributed by atoms with Crippen LogP contribution in [0.1, 0.15) is 76.7 Å². The Morgan fingerprint density at radius 1 is 0.960 bits per heavy atom. The highest BCUT2D eigenvalue weighted by atomic mass is 16.2. The first-order chi connectivity index (χ1) is 12.1. The number of benzene rings is 1. The van der Waals surface area contributed by atoms with Gasteiger partial charge in [-0.1, -0.05) is 70.4 Å². The van der Waals surface area contributed by atoms with Crippen molar-refractivity contribution in [2.24, 2.45) is 5.10 Å². The van der Waals surface area contributed by atoms with E-state index in [0.29, 0.717) is 6.42 Å². The summed E-state index contributed by atoms with van der Waals surface area (Å²) < 4.78 is 0. The summed E-state index contributed by atoms with van der Waals surface area (Å²) in [5.74, 6) is 0.00380. The molecule has 0 heterocycles. The summed E-state index contributed by atoms with van der Waals surface area (Å²) in [4.78, 5) is 13.8. The van der Waals surface area contributed by atoms with Gasteiger partial charge in [0.1, 0.15) is 0 Å². The lowest BCUT2D eigenvalue weighted by atomic mass is 10.1. The maximum Gasteiger partial charge on any atom is 0.240 e. The number of amides is 1. The molecule has 0 bridgehead atoms. The minimum absolute atomic E-state index is 0.00380. The Bertz CT molecular complexity index is 494. The van der Waals surface area contributed by atoms with E-state index < -0.39 is 0 Å². The van der Waals surface area contributed by atoms with Crippen LogP contribution in [-0.4, -0.2) is 26.2 Å². The Morgan fingerprint density at radius 2 is 1.52 bits per heavy atom. The van der Waals surface area contributed by atoms with E-state index in [4.69, 9.17) is 0 Å². The van der Waals surface area contributed by atoms with Gasteiger partial charge < -0.3 is 4.90 Å². The smallest absolute Gasteiger partial charge is 0.240 e. The lowest BCUT2D eigenvalue weighted by Gasteiger charge is -2.11. The highest BCUT2D eigenvalue weighted by molar-refractivity contribution is 5.82. The van der Waals surface area contributed by atoms with E-state index >= 15 is 0 Å². The van der Waals surface area contributed by atoms with Gasteiger partial charge >= 0.3 is 0 Å². The monoisotopic (exact) mass is 345 g/mol. The summed E-state index contributed by atoms with van der Waals surface area (Å²) in [6.07, 6.45) is 13.6. The second-order valence-corrected chi connectivity index (χ2v) is 6.86. The van der Waals surface area contributed by atoms with Crippen molar-refractivity contribution >= 4 is 17.8 Å². The fraction of sp³-hybridized carbons (Fsp3) is 0.619. The third-order valence-electron chi connectivity index (χ3n) is 4.32. The Balaban J connectivity index is 2.06. The van der Waals surface area contributed by atoms with Crippen molar-refractivity contribution in [1.29, 1.82) is 0 Å². The number of hydrogen-bond donors (Lipinski definition) is 1. The number of carbonyl (C=O) groups excluding carboxylic acids is 1. The van der Waals surface area contributed by atoms with Gasteiger partial charge in [-0.2, -0.15) is 5.10 Å². The molecule has 25 heavy (non-hydrogen) atoms. The topological polar surface area (TPSA) is 44.7 Å². The molecule has 0 radical (unpaired) electrons. The normalized spacial score (nSPS) is 11.0. The van der Waals surface area contributed by atoms with Crippen LogP contribution in [-0.2, 0) is 4.79 Å². The molecular weight excluding hydrogens is 310 g/mol. The van der Waals surface area contributed by atoms with Crippen molar-refractivity contribution in [3.05, 3.63) is 29.8 Å². The number of hydrogen-bond acceptors (Lipinski definition) is 3. The summed E-state index contributed by atoms with van der Waals surface area (Å²) in [6.45, 7) is 2.25. The third-order valence-corrected chi connectivity index (χ3v) is 4.32. The number of nitrogens with zero attached hydrogens (tertiary/aromatic N) is 2. The van der Waals surface area contributed by atoms with E-state index in [1.54, 1.807) is 6.21 Å². The van der Waals surface area contributed by atoms with E-state index in [0.717, 1.165) is 24.1 Å². The second-order valence-electron chi connectivity index (χ2n) is 6.86. The zero-order valence-corrected chi connectivity index (χ0v) is 16.3. The quantitative estimate of drug-likeness (QED) is 0.306. The summed E-state index contributed by atoms with van der Waals surface area (Å²) in [6, 6.07) is 8.05. The second kappa shape index (κ2) is 13.5. The zero-order valence-electron chi connectivity index (χ0n) is 16.3. The van der Waals surface area contributed by atoms with Crippen molar-refractivity contribution in [1.82, 2.24) is 5.43 Å². The standard InChI is InChI=1S/C21H35N3O/c1-4-5-6-7-8-9-10-11-12-13-21(25)23-22-18-19-14-16-20(17-15-19)24(2)3/h14-18H,4-13H2,1-3H3,(H,23,25)/b22-18+. The highest BCUT2D eigenvalue weighted by Crippen LogP contribution is 2.11. The molecule has 0 saturated carbocycles. The summed E-state index contributed by atoms with van der Waals surface area (Å²) >= 11 is 0. The van der Waals surface area contributed by atoms with Crippen LogP contribution in [0.2, 0.25) is 0 Å². The number of nitrogens with one attached hydrogen (secondary N) is 1. The molecule has 1 aromatic carbocycles. The first-order valence-corrected chi connectivity index (χ1v) is 9.72. The Morgan fingerprint density at radius 3 is 2.08 bits per heavy atom. The molecule has 140 valence electrons. The SMILES string of the molecule is CCCCCCCCCCCC(=O)N/N=C/c1ccc(N(C)C)cc1. The van der Waals surface area contributed by atoms with Gasteiger partial charge in [-0.15, -0.1) is 0 Å². The average molecular weight is 346 g/mol. The first kappa shape index (κ1) is 21.2. The molecule has 0 atom stereocenters. The summed E-state index contributed by atoms with van der Waals surface area (Å²) in [7, 11) is 4.02. The molecule has 1 amide bonds. The minimum atomic E-state index is 0.00380. The van der Waals surface area contributed by atoms with Gasteiger partial charge in [-0.3, -0.25) is 4.79 Å². The molecule has 0 spiro atoms. The van der Waals surface area contributed by atoms with E-state index in [-0.39, 0.29) is 5.91 Å². The van der Waals surface area contributed by atoms with E-state index in [1.165, 1.54) is 44.9 Å². The van der Waals surface area contributed by atoms with Gasteiger partial charge in [0.15, 0.2) is 0 Å². The summed E-state index contributed by atoms with van der Waals surface area (Å²) in [5, 5.41) is 4.03. The molecule has 1 N–H and O–H groups in total. The minimum Gasteiger partial charge on any atom is -0.378 e. The predicted molar refractivity (Wildman–Crippen MR) is 108 cm³/mol. The van der Waals surface area contributed by atoms with Crippen molar-refractivity contribution in [3.8, 4) is 0 Å². The largest absolute Gasteiger partial charge is 0.378 e. The van der Waals surface area contributed by atoms with Gasteiger partial charge in [0.25, 0.3) is 0 Å². The summed E-state index contributed by atoms with van der Waals surface area (Å²) in [5.41, 5.74) is 4.74. The van der Waals surface area contributed by atoms with Gasteiger partial charge in [-0.05, 0) is 24.1 Å². The number of hydrazone groups is 1. The lowest BCUT2D eigenvalue weighted by Crippen LogP contribution is -2.16. The van der Waals surface area contributed by atoms with Gasteiger partial charge in [0, 0.05) is 26.2 Å². The number of unbranched alkanes of at least 4 members (excludes halogenated alkanes) is 8. The van der Waals surface area contributed by atoms with Crippen molar-refractivity contribution in [2.45, 2.75) is 71.1 Å². The predicted octanol–water partition coefficient (Wildman–Crippen LogP) is 5.12. The Kier molecular flexibility index (Phi) is 11.4. The van der Waals surface area contributed by atoms with Crippen LogP contribution in [0, 0.1) is 0 Å². The molecule has 4 nitrogen and oxygen atoms in total. The highest BCUT2D eigenvalue weighted by Gasteiger charge is 1.99. The molecular formula is C21H35N3O. The number of carbonyl (C=O) groups is 1.